The second-order valence-corrected chi connectivity index (χ2v) is 8.63. The summed E-state index contributed by atoms with van der Waals surface area (Å²) >= 11 is 0. The number of nitrogens with two attached hydrogens (primary N) is 1. The number of benzene rings is 2. The molecule has 2 aromatic heterocycles. The maximum absolute atomic E-state index is 13.3. The average Bonchev–Trinajstić information content (AvgIpc) is 3.45. The molecule has 2 aliphatic heterocycles. The second-order valence-electron chi connectivity index (χ2n) is 8.63. The van der Waals surface area contributed by atoms with Crippen LogP contribution in [0.5, 0.6) is 11.5 Å². The van der Waals surface area contributed by atoms with Crippen molar-refractivity contribution < 1.29 is 19.0 Å². The normalized spacial score (nSPS) is 15.7. The third-order valence-corrected chi connectivity index (χ3v) is 6.41. The zero-order valence-electron chi connectivity index (χ0n) is 19.2. The highest BCUT2D eigenvalue weighted by atomic mass is 16.7. The van der Waals surface area contributed by atoms with Crippen LogP contribution in [0, 0.1) is 0 Å². The molecule has 4 aromatic rings. The summed E-state index contributed by atoms with van der Waals surface area (Å²) in [6.45, 7) is 5.04. The van der Waals surface area contributed by atoms with Gasteiger partial charge in [0.25, 0.3) is 5.91 Å². The third kappa shape index (κ3) is 4.11. The molecular formula is C25H26N6O4. The standard InChI is InChI=1S/C25H26N6O4/c26-23-21(25(32)27-7-8-30-9-11-33-12-10-30)22-24(29-18-4-2-1-3-17(18)28-22)31(23)14-16-5-6-19-20(13-16)35-15-34-19/h1-6,13H,7-12,14-15,26H2,(H,27,32). The molecule has 0 radical (unpaired) electrons. The molecule has 1 saturated heterocycles. The number of fused-ring (bicyclic) bond motifs is 3. The van der Waals surface area contributed by atoms with E-state index in [4.69, 9.17) is 29.9 Å². The van der Waals surface area contributed by atoms with E-state index in [1.54, 1.807) is 0 Å². The summed E-state index contributed by atoms with van der Waals surface area (Å²) in [4.78, 5) is 25.2. The van der Waals surface area contributed by atoms with E-state index in [0.29, 0.717) is 52.7 Å². The lowest BCUT2D eigenvalue weighted by Gasteiger charge is -2.26. The Hall–Kier alpha value is -3.89. The zero-order valence-corrected chi connectivity index (χ0v) is 19.2. The number of carbonyl (C=O) groups excluding carboxylic acids is 1. The van der Waals surface area contributed by atoms with Gasteiger partial charge in [0.2, 0.25) is 6.79 Å². The molecule has 0 aliphatic carbocycles. The molecule has 0 saturated carbocycles. The maximum Gasteiger partial charge on any atom is 0.257 e. The molecule has 10 heteroatoms. The minimum absolute atomic E-state index is 0.208. The maximum atomic E-state index is 13.3. The smallest absolute Gasteiger partial charge is 0.257 e. The fourth-order valence-corrected chi connectivity index (χ4v) is 4.56. The molecule has 35 heavy (non-hydrogen) atoms. The molecule has 2 aliphatic rings. The van der Waals surface area contributed by atoms with E-state index >= 15 is 0 Å². The summed E-state index contributed by atoms with van der Waals surface area (Å²) in [7, 11) is 0. The Bertz CT molecular complexity index is 1410. The second kappa shape index (κ2) is 9.05. The van der Waals surface area contributed by atoms with Crippen LogP contribution in [-0.4, -0.2) is 71.5 Å². The first-order valence-electron chi connectivity index (χ1n) is 11.7. The summed E-state index contributed by atoms with van der Waals surface area (Å²) in [6.07, 6.45) is 0. The lowest BCUT2D eigenvalue weighted by atomic mass is 10.2. The molecule has 0 bridgehead atoms. The number of hydrogen-bond donors (Lipinski definition) is 2. The number of carbonyl (C=O) groups is 1. The Morgan fingerprint density at radius 3 is 2.63 bits per heavy atom. The largest absolute Gasteiger partial charge is 0.454 e. The predicted octanol–water partition coefficient (Wildman–Crippen LogP) is 2.01. The van der Waals surface area contributed by atoms with E-state index in [1.165, 1.54) is 0 Å². The average molecular weight is 475 g/mol. The summed E-state index contributed by atoms with van der Waals surface area (Å²) in [6, 6.07) is 13.3. The van der Waals surface area contributed by atoms with E-state index < -0.39 is 0 Å². The number of aromatic nitrogens is 3. The predicted molar refractivity (Wildman–Crippen MR) is 131 cm³/mol. The first-order chi connectivity index (χ1) is 17.2. The number of amides is 1. The van der Waals surface area contributed by atoms with Crippen LogP contribution < -0.4 is 20.5 Å². The van der Waals surface area contributed by atoms with E-state index in [9.17, 15) is 4.79 Å². The van der Waals surface area contributed by atoms with Crippen molar-refractivity contribution in [2.24, 2.45) is 0 Å². The van der Waals surface area contributed by atoms with Gasteiger partial charge in [-0.25, -0.2) is 9.97 Å². The number of nitrogens with zero attached hydrogens (tertiary/aromatic N) is 4. The molecule has 1 fully saturated rings. The highest BCUT2D eigenvalue weighted by Crippen LogP contribution is 2.34. The number of hydrogen-bond acceptors (Lipinski definition) is 8. The van der Waals surface area contributed by atoms with Crippen LogP contribution >= 0.6 is 0 Å². The van der Waals surface area contributed by atoms with E-state index in [0.717, 1.165) is 43.9 Å². The Morgan fingerprint density at radius 2 is 1.80 bits per heavy atom. The van der Waals surface area contributed by atoms with Gasteiger partial charge in [0.05, 0.1) is 30.8 Å². The van der Waals surface area contributed by atoms with E-state index in [-0.39, 0.29) is 12.7 Å². The molecule has 1 amide bonds. The lowest BCUT2D eigenvalue weighted by Crippen LogP contribution is -2.41. The van der Waals surface area contributed by atoms with Crippen molar-refractivity contribution in [2.45, 2.75) is 6.54 Å². The van der Waals surface area contributed by atoms with Crippen LogP contribution in [0.1, 0.15) is 15.9 Å². The van der Waals surface area contributed by atoms with E-state index in [1.807, 2.05) is 47.0 Å². The van der Waals surface area contributed by atoms with Crippen LogP contribution in [0.2, 0.25) is 0 Å². The highest BCUT2D eigenvalue weighted by Gasteiger charge is 2.25. The molecule has 0 unspecified atom stereocenters. The van der Waals surface area contributed by atoms with Gasteiger partial charge in [-0.05, 0) is 29.8 Å². The summed E-state index contributed by atoms with van der Waals surface area (Å²) < 4.78 is 18.2. The third-order valence-electron chi connectivity index (χ3n) is 6.41. The van der Waals surface area contributed by atoms with Crippen LogP contribution in [0.25, 0.3) is 22.2 Å². The number of para-hydroxylation sites is 2. The van der Waals surface area contributed by atoms with Gasteiger partial charge in [-0.3, -0.25) is 9.69 Å². The molecule has 10 nitrogen and oxygen atoms in total. The monoisotopic (exact) mass is 474 g/mol. The van der Waals surface area contributed by atoms with Gasteiger partial charge in [0, 0.05) is 26.2 Å². The van der Waals surface area contributed by atoms with Crippen molar-refractivity contribution in [1.29, 1.82) is 0 Å². The molecule has 0 spiro atoms. The van der Waals surface area contributed by atoms with Crippen molar-refractivity contribution >= 4 is 33.9 Å². The van der Waals surface area contributed by atoms with Crippen LogP contribution in [-0.2, 0) is 11.3 Å². The number of ether oxygens (including phenoxy) is 3. The van der Waals surface area contributed by atoms with Gasteiger partial charge >= 0.3 is 0 Å². The van der Waals surface area contributed by atoms with Gasteiger partial charge in [-0.1, -0.05) is 18.2 Å². The number of nitrogens with one attached hydrogen (secondary N) is 1. The van der Waals surface area contributed by atoms with Crippen molar-refractivity contribution in [3.63, 3.8) is 0 Å². The molecule has 2 aromatic carbocycles. The minimum Gasteiger partial charge on any atom is -0.454 e. The first kappa shape index (κ1) is 21.6. The Labute approximate surface area is 201 Å². The Kier molecular flexibility index (Phi) is 5.59. The molecular weight excluding hydrogens is 448 g/mol. The fourth-order valence-electron chi connectivity index (χ4n) is 4.56. The molecule has 180 valence electrons. The summed E-state index contributed by atoms with van der Waals surface area (Å²) in [5.74, 6) is 1.48. The van der Waals surface area contributed by atoms with Gasteiger partial charge in [0.1, 0.15) is 16.9 Å². The van der Waals surface area contributed by atoms with Crippen LogP contribution in [0.15, 0.2) is 42.5 Å². The van der Waals surface area contributed by atoms with Gasteiger partial charge in [-0.2, -0.15) is 0 Å². The Balaban J connectivity index is 1.35. The van der Waals surface area contributed by atoms with Crippen molar-refractivity contribution in [1.82, 2.24) is 24.8 Å². The SMILES string of the molecule is Nc1c(C(=O)NCCN2CCOCC2)c2nc3ccccc3nc2n1Cc1ccc2c(c1)OCO2. The van der Waals surface area contributed by atoms with Crippen molar-refractivity contribution in [2.75, 3.05) is 51.9 Å². The Morgan fingerprint density at radius 1 is 1.03 bits per heavy atom. The van der Waals surface area contributed by atoms with Crippen molar-refractivity contribution in [3.05, 3.63) is 53.6 Å². The summed E-state index contributed by atoms with van der Waals surface area (Å²) in [5.41, 5.74) is 10.4. The minimum atomic E-state index is -0.255. The van der Waals surface area contributed by atoms with Crippen LogP contribution in [0.3, 0.4) is 0 Å². The van der Waals surface area contributed by atoms with E-state index in [2.05, 4.69) is 10.2 Å². The van der Waals surface area contributed by atoms with Gasteiger partial charge < -0.3 is 29.8 Å². The molecule has 6 rings (SSSR count). The lowest BCUT2D eigenvalue weighted by molar-refractivity contribution is 0.0383. The highest BCUT2D eigenvalue weighted by molar-refractivity contribution is 6.10. The number of anilines is 1. The first-order valence-corrected chi connectivity index (χ1v) is 11.7. The number of nitrogen functional groups attached to an aromatic ring is 1. The quantitative estimate of drug-likeness (QED) is 0.436. The fraction of sp³-hybridized carbons (Fsp3) is 0.320. The molecule has 3 N–H and O–H groups in total. The van der Waals surface area contributed by atoms with Gasteiger partial charge in [0.15, 0.2) is 17.1 Å². The molecule has 0 atom stereocenters. The summed E-state index contributed by atoms with van der Waals surface area (Å²) in [5, 5.41) is 3.02. The zero-order chi connectivity index (χ0) is 23.8. The topological polar surface area (TPSA) is 117 Å². The number of rotatable bonds is 6. The number of morpholine rings is 1. The van der Waals surface area contributed by atoms with Crippen molar-refractivity contribution in [3.8, 4) is 11.5 Å². The molecule has 4 heterocycles. The van der Waals surface area contributed by atoms with Gasteiger partial charge in [-0.15, -0.1) is 0 Å². The van der Waals surface area contributed by atoms with Crippen LogP contribution in [0.4, 0.5) is 5.82 Å².